The van der Waals surface area contributed by atoms with E-state index in [0.29, 0.717) is 11.5 Å². The Morgan fingerprint density at radius 3 is 3.12 bits per heavy atom. The van der Waals surface area contributed by atoms with E-state index in [2.05, 4.69) is 27.3 Å². The third-order valence-electron chi connectivity index (χ3n) is 3.44. The Morgan fingerprint density at radius 1 is 1.71 bits per heavy atom. The second-order valence-corrected chi connectivity index (χ2v) is 4.67. The summed E-state index contributed by atoms with van der Waals surface area (Å²) in [6.07, 6.45) is 2.76. The molecule has 1 atom stereocenters. The van der Waals surface area contributed by atoms with Crippen LogP contribution >= 0.6 is 0 Å². The van der Waals surface area contributed by atoms with Crippen LogP contribution in [0.1, 0.15) is 29.4 Å². The highest BCUT2D eigenvalue weighted by Crippen LogP contribution is 2.14. The fourth-order valence-corrected chi connectivity index (χ4v) is 2.28. The first kappa shape index (κ1) is 12.1. The molecular weight excluding hydrogens is 216 g/mol. The summed E-state index contributed by atoms with van der Waals surface area (Å²) in [5.74, 6) is 0.567. The first-order chi connectivity index (χ1) is 8.20. The molecule has 1 aliphatic rings. The highest BCUT2D eigenvalue weighted by atomic mass is 16.1. The summed E-state index contributed by atoms with van der Waals surface area (Å²) in [5, 5.41) is 9.62. The van der Waals surface area contributed by atoms with E-state index in [1.54, 1.807) is 6.20 Å². The van der Waals surface area contributed by atoms with E-state index < -0.39 is 0 Å². The zero-order valence-corrected chi connectivity index (χ0v) is 10.5. The molecule has 1 amide bonds. The van der Waals surface area contributed by atoms with Crippen molar-refractivity contribution in [2.45, 2.75) is 20.3 Å². The van der Waals surface area contributed by atoms with Crippen molar-refractivity contribution in [1.29, 1.82) is 0 Å². The van der Waals surface area contributed by atoms with Crippen LogP contribution in [0.25, 0.3) is 0 Å². The van der Waals surface area contributed by atoms with Crippen molar-refractivity contribution in [1.82, 2.24) is 20.4 Å². The van der Waals surface area contributed by atoms with Crippen LogP contribution in [-0.4, -0.2) is 47.2 Å². The summed E-state index contributed by atoms with van der Waals surface area (Å²) in [6, 6.07) is 0. The number of aryl methyl sites for hydroxylation is 1. The van der Waals surface area contributed by atoms with Gasteiger partial charge in [-0.1, -0.05) is 6.92 Å². The lowest BCUT2D eigenvalue weighted by atomic mass is 10.1. The van der Waals surface area contributed by atoms with Crippen molar-refractivity contribution >= 4 is 5.91 Å². The van der Waals surface area contributed by atoms with Gasteiger partial charge in [0.25, 0.3) is 5.91 Å². The maximum atomic E-state index is 11.8. The standard InChI is InChI=1S/C12H20N4O/c1-3-16-5-4-10(8-16)6-13-12(17)11-7-14-15-9(11)2/h7,10H,3-6,8H2,1-2H3,(H,13,17)(H,14,15). The number of hydrogen-bond acceptors (Lipinski definition) is 3. The summed E-state index contributed by atoms with van der Waals surface area (Å²) in [7, 11) is 0. The Bertz CT molecular complexity index is 388. The van der Waals surface area contributed by atoms with E-state index in [0.717, 1.165) is 31.9 Å². The van der Waals surface area contributed by atoms with Crippen LogP contribution in [0.3, 0.4) is 0 Å². The van der Waals surface area contributed by atoms with Gasteiger partial charge in [-0.2, -0.15) is 5.10 Å². The number of nitrogens with one attached hydrogen (secondary N) is 2. The van der Waals surface area contributed by atoms with Crippen LogP contribution in [0.15, 0.2) is 6.20 Å². The number of likely N-dealkylation sites (tertiary alicyclic amines) is 1. The lowest BCUT2D eigenvalue weighted by Crippen LogP contribution is -2.31. The van der Waals surface area contributed by atoms with Crippen molar-refractivity contribution in [3.8, 4) is 0 Å². The molecular formula is C12H20N4O. The third-order valence-corrected chi connectivity index (χ3v) is 3.44. The fraction of sp³-hybridized carbons (Fsp3) is 0.667. The van der Waals surface area contributed by atoms with Gasteiger partial charge in [-0.3, -0.25) is 9.89 Å². The molecule has 1 aromatic rings. The molecule has 17 heavy (non-hydrogen) atoms. The molecule has 1 aliphatic heterocycles. The van der Waals surface area contributed by atoms with Crippen molar-refractivity contribution < 1.29 is 4.79 Å². The molecule has 5 nitrogen and oxygen atoms in total. The molecule has 0 radical (unpaired) electrons. The van der Waals surface area contributed by atoms with Gasteiger partial charge in [0.1, 0.15) is 0 Å². The van der Waals surface area contributed by atoms with Gasteiger partial charge in [-0.25, -0.2) is 0 Å². The van der Waals surface area contributed by atoms with E-state index in [1.165, 1.54) is 6.42 Å². The highest BCUT2D eigenvalue weighted by molar-refractivity contribution is 5.94. The zero-order chi connectivity index (χ0) is 12.3. The van der Waals surface area contributed by atoms with E-state index in [1.807, 2.05) is 6.92 Å². The average Bonchev–Trinajstić information content (AvgIpc) is 2.94. The molecule has 2 heterocycles. The zero-order valence-electron chi connectivity index (χ0n) is 10.5. The van der Waals surface area contributed by atoms with Gasteiger partial charge in [-0.05, 0) is 32.4 Å². The van der Waals surface area contributed by atoms with Crippen LogP contribution in [0, 0.1) is 12.8 Å². The molecule has 0 spiro atoms. The summed E-state index contributed by atoms with van der Waals surface area (Å²) in [5.41, 5.74) is 1.47. The Morgan fingerprint density at radius 2 is 2.53 bits per heavy atom. The second kappa shape index (κ2) is 5.31. The van der Waals surface area contributed by atoms with Crippen LogP contribution in [0.2, 0.25) is 0 Å². The minimum Gasteiger partial charge on any atom is -0.352 e. The number of amides is 1. The molecule has 0 aromatic carbocycles. The maximum absolute atomic E-state index is 11.8. The number of rotatable bonds is 4. The number of carbonyl (C=O) groups is 1. The molecule has 0 aliphatic carbocycles. The van der Waals surface area contributed by atoms with Gasteiger partial charge in [0.05, 0.1) is 11.8 Å². The predicted octanol–water partition coefficient (Wildman–Crippen LogP) is 0.790. The van der Waals surface area contributed by atoms with Gasteiger partial charge in [0.15, 0.2) is 0 Å². The fourth-order valence-electron chi connectivity index (χ4n) is 2.28. The molecule has 0 bridgehead atoms. The highest BCUT2D eigenvalue weighted by Gasteiger charge is 2.22. The number of nitrogens with zero attached hydrogens (tertiary/aromatic N) is 2. The monoisotopic (exact) mass is 236 g/mol. The van der Waals surface area contributed by atoms with Crippen LogP contribution in [0.4, 0.5) is 0 Å². The van der Waals surface area contributed by atoms with Crippen molar-refractivity contribution in [2.75, 3.05) is 26.2 Å². The smallest absolute Gasteiger partial charge is 0.254 e. The normalized spacial score (nSPS) is 20.7. The molecule has 1 fully saturated rings. The topological polar surface area (TPSA) is 61.0 Å². The van der Waals surface area contributed by atoms with E-state index in [-0.39, 0.29) is 5.91 Å². The van der Waals surface area contributed by atoms with Gasteiger partial charge < -0.3 is 10.2 Å². The van der Waals surface area contributed by atoms with Crippen LogP contribution in [-0.2, 0) is 0 Å². The number of H-pyrrole nitrogens is 1. The summed E-state index contributed by atoms with van der Waals surface area (Å²) >= 11 is 0. The predicted molar refractivity (Wildman–Crippen MR) is 65.9 cm³/mol. The van der Waals surface area contributed by atoms with Crippen molar-refractivity contribution in [3.63, 3.8) is 0 Å². The first-order valence-electron chi connectivity index (χ1n) is 6.21. The largest absolute Gasteiger partial charge is 0.352 e. The second-order valence-electron chi connectivity index (χ2n) is 4.67. The van der Waals surface area contributed by atoms with Crippen molar-refractivity contribution in [2.24, 2.45) is 5.92 Å². The van der Waals surface area contributed by atoms with E-state index in [9.17, 15) is 4.79 Å². The van der Waals surface area contributed by atoms with E-state index >= 15 is 0 Å². The van der Waals surface area contributed by atoms with Crippen LogP contribution < -0.4 is 5.32 Å². The van der Waals surface area contributed by atoms with Gasteiger partial charge >= 0.3 is 0 Å². The molecule has 5 heteroatoms. The molecule has 1 aromatic heterocycles. The quantitative estimate of drug-likeness (QED) is 0.812. The number of aromatic amines is 1. The van der Waals surface area contributed by atoms with Crippen molar-refractivity contribution in [3.05, 3.63) is 17.5 Å². The molecule has 2 N–H and O–H groups in total. The number of aromatic nitrogens is 2. The van der Waals surface area contributed by atoms with E-state index in [4.69, 9.17) is 0 Å². The molecule has 1 unspecified atom stereocenters. The van der Waals surface area contributed by atoms with Crippen LogP contribution in [0.5, 0.6) is 0 Å². The third kappa shape index (κ3) is 2.85. The Kier molecular flexibility index (Phi) is 3.78. The Labute approximate surface area is 102 Å². The molecule has 94 valence electrons. The van der Waals surface area contributed by atoms with Gasteiger partial charge in [0, 0.05) is 18.8 Å². The summed E-state index contributed by atoms with van der Waals surface area (Å²) in [4.78, 5) is 14.3. The minimum atomic E-state index is -0.0220. The average molecular weight is 236 g/mol. The SMILES string of the molecule is CCN1CCC(CNC(=O)c2cn[nH]c2C)C1. The first-order valence-corrected chi connectivity index (χ1v) is 6.21. The lowest BCUT2D eigenvalue weighted by molar-refractivity contribution is 0.0947. The molecule has 2 rings (SSSR count). The van der Waals surface area contributed by atoms with Gasteiger partial charge in [-0.15, -0.1) is 0 Å². The molecule has 1 saturated heterocycles. The summed E-state index contributed by atoms with van der Waals surface area (Å²) < 4.78 is 0. The Hall–Kier alpha value is -1.36. The maximum Gasteiger partial charge on any atom is 0.254 e. The Balaban J connectivity index is 1.79. The number of hydrogen-bond donors (Lipinski definition) is 2. The van der Waals surface area contributed by atoms with Gasteiger partial charge in [0.2, 0.25) is 0 Å². The summed E-state index contributed by atoms with van der Waals surface area (Å²) in [6.45, 7) is 8.15. The lowest BCUT2D eigenvalue weighted by Gasteiger charge is -2.13. The molecule has 0 saturated carbocycles. The minimum absolute atomic E-state index is 0.0220. The number of carbonyl (C=O) groups excluding carboxylic acids is 1.